The van der Waals surface area contributed by atoms with E-state index in [4.69, 9.17) is 0 Å². The van der Waals surface area contributed by atoms with E-state index in [1.807, 2.05) is 57.0 Å². The second kappa shape index (κ2) is 12.9. The number of nitrogens with zero attached hydrogens (tertiary/aromatic N) is 4. The number of carbonyl (C=O) groups excluding carboxylic acids is 2. The SMILES string of the molecule is O=C(CCCC(=O)N(Cc1cccs1)Cc1cccs1)N(Cc1ccncc1)Cc1ccncc1. The van der Waals surface area contributed by atoms with Gasteiger partial charge in [0.1, 0.15) is 0 Å². The Kier molecular flexibility index (Phi) is 9.14. The van der Waals surface area contributed by atoms with Crippen molar-refractivity contribution in [2.75, 3.05) is 0 Å². The van der Waals surface area contributed by atoms with Crippen LogP contribution in [0.2, 0.25) is 0 Å². The first-order valence-corrected chi connectivity index (χ1v) is 13.3. The van der Waals surface area contributed by atoms with Crippen LogP contribution in [-0.2, 0) is 35.8 Å². The second-order valence-corrected chi connectivity index (χ2v) is 10.3. The fraction of sp³-hybridized carbons (Fsp3) is 0.259. The van der Waals surface area contributed by atoms with Gasteiger partial charge in [0, 0.05) is 60.5 Å². The molecule has 4 aromatic heterocycles. The molecule has 6 nitrogen and oxygen atoms in total. The number of carbonyl (C=O) groups is 2. The van der Waals surface area contributed by atoms with Crippen LogP contribution >= 0.6 is 22.7 Å². The van der Waals surface area contributed by atoms with E-state index < -0.39 is 0 Å². The summed E-state index contributed by atoms with van der Waals surface area (Å²) in [5.41, 5.74) is 2.05. The number of hydrogen-bond acceptors (Lipinski definition) is 6. The van der Waals surface area contributed by atoms with Crippen molar-refractivity contribution in [3.05, 3.63) is 105 Å². The Morgan fingerprint density at radius 1 is 0.629 bits per heavy atom. The molecule has 0 spiro atoms. The van der Waals surface area contributed by atoms with Gasteiger partial charge in [-0.15, -0.1) is 22.7 Å². The zero-order valence-electron chi connectivity index (χ0n) is 19.5. The number of rotatable bonds is 12. The molecule has 2 amide bonds. The van der Waals surface area contributed by atoms with Gasteiger partial charge in [-0.3, -0.25) is 19.6 Å². The maximum absolute atomic E-state index is 13.2. The molecule has 0 aliphatic heterocycles. The maximum Gasteiger partial charge on any atom is 0.223 e. The Morgan fingerprint density at radius 3 is 1.46 bits per heavy atom. The van der Waals surface area contributed by atoms with Crippen molar-refractivity contribution in [3.8, 4) is 0 Å². The van der Waals surface area contributed by atoms with Crippen molar-refractivity contribution < 1.29 is 9.59 Å². The third kappa shape index (κ3) is 7.83. The molecule has 0 fully saturated rings. The van der Waals surface area contributed by atoms with Crippen molar-refractivity contribution in [1.82, 2.24) is 19.8 Å². The molecular weight excluding hydrogens is 476 g/mol. The van der Waals surface area contributed by atoms with Gasteiger partial charge in [0.2, 0.25) is 11.8 Å². The van der Waals surface area contributed by atoms with E-state index in [0.717, 1.165) is 20.9 Å². The van der Waals surface area contributed by atoms with Crippen LogP contribution in [0.25, 0.3) is 0 Å². The first kappa shape index (κ1) is 24.8. The molecule has 35 heavy (non-hydrogen) atoms. The van der Waals surface area contributed by atoms with Crippen LogP contribution in [0.1, 0.15) is 40.1 Å². The predicted octanol–water partition coefficient (Wildman–Crippen LogP) is 5.53. The summed E-state index contributed by atoms with van der Waals surface area (Å²) in [6.45, 7) is 2.19. The number of pyridine rings is 2. The Hall–Kier alpha value is -3.36. The van der Waals surface area contributed by atoms with E-state index >= 15 is 0 Å². The Morgan fingerprint density at radius 2 is 1.06 bits per heavy atom. The van der Waals surface area contributed by atoms with Gasteiger partial charge in [0.05, 0.1) is 13.1 Å². The first-order valence-electron chi connectivity index (χ1n) is 11.6. The van der Waals surface area contributed by atoms with Gasteiger partial charge in [-0.2, -0.15) is 0 Å². The quantitative estimate of drug-likeness (QED) is 0.255. The monoisotopic (exact) mass is 504 g/mol. The first-order chi connectivity index (χ1) is 17.2. The zero-order chi connectivity index (χ0) is 24.3. The van der Waals surface area contributed by atoms with Gasteiger partial charge in [-0.1, -0.05) is 12.1 Å². The smallest absolute Gasteiger partial charge is 0.223 e. The van der Waals surface area contributed by atoms with Crippen LogP contribution in [0.4, 0.5) is 0 Å². The third-order valence-electron chi connectivity index (χ3n) is 5.59. The molecular formula is C27H28N4O2S2. The standard InChI is InChI=1S/C27H28N4O2S2/c32-26(30(18-22-8-12-28-13-9-22)19-23-10-14-29-15-11-23)6-1-7-27(33)31(20-24-4-2-16-34-24)21-25-5-3-17-35-25/h2-5,8-17H,1,6-7,18-21H2. The molecule has 0 aliphatic carbocycles. The molecule has 0 aromatic carbocycles. The van der Waals surface area contributed by atoms with Crippen molar-refractivity contribution in [1.29, 1.82) is 0 Å². The highest BCUT2D eigenvalue weighted by atomic mass is 32.1. The minimum absolute atomic E-state index is 0.0366. The Bertz CT molecular complexity index is 1090. The van der Waals surface area contributed by atoms with Gasteiger partial charge < -0.3 is 9.80 Å². The molecule has 8 heteroatoms. The zero-order valence-corrected chi connectivity index (χ0v) is 21.1. The van der Waals surface area contributed by atoms with E-state index in [9.17, 15) is 9.59 Å². The molecule has 4 aromatic rings. The van der Waals surface area contributed by atoms with E-state index in [0.29, 0.717) is 45.4 Å². The van der Waals surface area contributed by atoms with Crippen LogP contribution < -0.4 is 0 Å². The van der Waals surface area contributed by atoms with Crippen molar-refractivity contribution in [3.63, 3.8) is 0 Å². The van der Waals surface area contributed by atoms with Crippen LogP contribution in [-0.4, -0.2) is 31.6 Å². The lowest BCUT2D eigenvalue weighted by Crippen LogP contribution is -2.31. The summed E-state index contributed by atoms with van der Waals surface area (Å²) >= 11 is 3.31. The lowest BCUT2D eigenvalue weighted by Gasteiger charge is -2.24. The van der Waals surface area contributed by atoms with E-state index in [1.54, 1.807) is 47.5 Å². The Balaban J connectivity index is 1.36. The van der Waals surface area contributed by atoms with Gasteiger partial charge in [-0.25, -0.2) is 0 Å². The summed E-state index contributed by atoms with van der Waals surface area (Å²) in [7, 11) is 0. The predicted molar refractivity (Wildman–Crippen MR) is 139 cm³/mol. The van der Waals surface area contributed by atoms with Crippen molar-refractivity contribution >= 4 is 34.5 Å². The van der Waals surface area contributed by atoms with Crippen molar-refractivity contribution in [2.24, 2.45) is 0 Å². The summed E-state index contributed by atoms with van der Waals surface area (Å²) in [5, 5.41) is 4.06. The highest BCUT2D eigenvalue weighted by Crippen LogP contribution is 2.19. The van der Waals surface area contributed by atoms with E-state index in [1.165, 1.54) is 0 Å². The van der Waals surface area contributed by atoms with Gasteiger partial charge in [-0.05, 0) is 64.7 Å². The summed E-state index contributed by atoms with van der Waals surface area (Å²) in [4.78, 5) is 40.5. The molecule has 0 radical (unpaired) electrons. The number of aromatic nitrogens is 2. The van der Waals surface area contributed by atoms with Crippen LogP contribution in [0.3, 0.4) is 0 Å². The minimum Gasteiger partial charge on any atom is -0.334 e. The topological polar surface area (TPSA) is 66.4 Å². The highest BCUT2D eigenvalue weighted by Gasteiger charge is 2.19. The molecule has 0 N–H and O–H groups in total. The summed E-state index contributed by atoms with van der Waals surface area (Å²) in [6, 6.07) is 15.8. The summed E-state index contributed by atoms with van der Waals surface area (Å²) < 4.78 is 0. The molecule has 0 unspecified atom stereocenters. The molecule has 0 saturated heterocycles. The minimum atomic E-state index is 0.0366. The van der Waals surface area contributed by atoms with Crippen molar-refractivity contribution in [2.45, 2.75) is 45.4 Å². The average Bonchev–Trinajstić information content (AvgIpc) is 3.59. The molecule has 0 bridgehead atoms. The lowest BCUT2D eigenvalue weighted by atomic mass is 10.1. The second-order valence-electron chi connectivity index (χ2n) is 8.22. The van der Waals surface area contributed by atoms with E-state index in [-0.39, 0.29) is 11.8 Å². The Labute approximate surface area is 213 Å². The normalized spacial score (nSPS) is 10.7. The van der Waals surface area contributed by atoms with Gasteiger partial charge in [0.25, 0.3) is 0 Å². The number of thiophene rings is 2. The fourth-order valence-electron chi connectivity index (χ4n) is 3.77. The van der Waals surface area contributed by atoms with E-state index in [2.05, 4.69) is 22.1 Å². The molecule has 4 rings (SSSR count). The molecule has 0 atom stereocenters. The van der Waals surface area contributed by atoms with Gasteiger partial charge in [0.15, 0.2) is 0 Å². The highest BCUT2D eigenvalue weighted by molar-refractivity contribution is 7.10. The molecule has 4 heterocycles. The summed E-state index contributed by atoms with van der Waals surface area (Å²) in [5.74, 6) is 0.115. The van der Waals surface area contributed by atoms with Crippen LogP contribution in [0.15, 0.2) is 84.1 Å². The maximum atomic E-state index is 13.2. The van der Waals surface area contributed by atoms with Crippen LogP contribution in [0.5, 0.6) is 0 Å². The average molecular weight is 505 g/mol. The number of amides is 2. The molecule has 0 saturated carbocycles. The van der Waals surface area contributed by atoms with Gasteiger partial charge >= 0.3 is 0 Å². The fourth-order valence-corrected chi connectivity index (χ4v) is 5.21. The summed E-state index contributed by atoms with van der Waals surface area (Å²) in [6.07, 6.45) is 8.14. The largest absolute Gasteiger partial charge is 0.334 e. The lowest BCUT2D eigenvalue weighted by molar-refractivity contribution is -0.134. The molecule has 0 aliphatic rings. The third-order valence-corrected chi connectivity index (χ3v) is 7.31. The number of hydrogen-bond donors (Lipinski definition) is 0. The van der Waals surface area contributed by atoms with Crippen LogP contribution in [0, 0.1) is 0 Å². The molecule has 180 valence electrons.